The monoisotopic (exact) mass is 382 g/mol. The van der Waals surface area contributed by atoms with Crippen LogP contribution in [0.4, 0.5) is 0 Å². The second-order valence-corrected chi connectivity index (χ2v) is 6.48. The lowest BCUT2D eigenvalue weighted by Crippen LogP contribution is -2.11. The summed E-state index contributed by atoms with van der Waals surface area (Å²) in [4.78, 5) is 12.5. The molecule has 0 amide bonds. The van der Waals surface area contributed by atoms with Gasteiger partial charge in [0, 0.05) is 23.4 Å². The van der Waals surface area contributed by atoms with E-state index in [2.05, 4.69) is 20.6 Å². The van der Waals surface area contributed by atoms with Crippen molar-refractivity contribution in [3.05, 3.63) is 80.4 Å². The number of hydrogen-bond acceptors (Lipinski definition) is 6. The van der Waals surface area contributed by atoms with Crippen molar-refractivity contribution in [2.24, 2.45) is 0 Å². The highest BCUT2D eigenvalue weighted by atomic mass is 35.5. The predicted molar refractivity (Wildman–Crippen MR) is 100.0 cm³/mol. The van der Waals surface area contributed by atoms with Gasteiger partial charge in [-0.15, -0.1) is 5.10 Å². The molecule has 2 aromatic carbocycles. The van der Waals surface area contributed by atoms with E-state index in [1.807, 2.05) is 37.3 Å². The zero-order valence-corrected chi connectivity index (χ0v) is 15.2. The van der Waals surface area contributed by atoms with Crippen molar-refractivity contribution in [1.29, 1.82) is 0 Å². The number of hydrogen-bond donors (Lipinski definition) is 1. The summed E-state index contributed by atoms with van der Waals surface area (Å²) in [7, 11) is 0. The minimum Gasteiger partial charge on any atom is -0.484 e. The smallest absolute Gasteiger partial charge is 0.340 e. The number of aromatic nitrogens is 4. The van der Waals surface area contributed by atoms with E-state index in [1.54, 1.807) is 12.1 Å². The Labute approximate surface area is 158 Å². The van der Waals surface area contributed by atoms with Gasteiger partial charge in [-0.1, -0.05) is 41.9 Å². The van der Waals surface area contributed by atoms with E-state index in [-0.39, 0.29) is 12.2 Å². The minimum atomic E-state index is -0.364. The lowest BCUT2D eigenvalue weighted by atomic mass is 9.99. The molecule has 0 aliphatic heterocycles. The molecular formula is C19H15ClN4O3. The van der Waals surface area contributed by atoms with Crippen LogP contribution in [-0.4, -0.2) is 20.6 Å². The first kappa shape index (κ1) is 17.2. The molecule has 0 saturated carbocycles. The van der Waals surface area contributed by atoms with Crippen molar-refractivity contribution in [2.75, 3.05) is 0 Å². The van der Waals surface area contributed by atoms with E-state index in [1.165, 1.54) is 0 Å². The van der Waals surface area contributed by atoms with Crippen LogP contribution in [0.3, 0.4) is 0 Å². The molecule has 4 aromatic rings. The quantitative estimate of drug-likeness (QED) is 0.531. The second-order valence-electron chi connectivity index (χ2n) is 6.07. The molecule has 8 heteroatoms. The van der Waals surface area contributed by atoms with Crippen LogP contribution in [0.1, 0.15) is 22.5 Å². The number of halogens is 1. The summed E-state index contributed by atoms with van der Waals surface area (Å²) < 4.78 is 11.2. The average molecular weight is 383 g/mol. The largest absolute Gasteiger partial charge is 0.484 e. The molecule has 1 N–H and O–H groups in total. The van der Waals surface area contributed by atoms with Crippen LogP contribution >= 0.6 is 11.6 Å². The summed E-state index contributed by atoms with van der Waals surface area (Å²) >= 11 is 6.36. The summed E-state index contributed by atoms with van der Waals surface area (Å²) in [5, 5.41) is 14.5. The van der Waals surface area contributed by atoms with Gasteiger partial charge in [-0.25, -0.2) is 9.89 Å². The standard InChI is InChI=1S/C19H15ClN4O3/c1-11-13-8-15(20)17(26-10-18-21-23-24-22-18)9-16(13)27-19(25)14(11)7-12-5-3-2-4-6-12/h2-6,8-9H,7,10H2,1H3,(H,21,22,23,24). The number of fused-ring (bicyclic) bond motifs is 1. The Kier molecular flexibility index (Phi) is 4.60. The van der Waals surface area contributed by atoms with Crippen molar-refractivity contribution in [3.8, 4) is 5.75 Å². The van der Waals surface area contributed by atoms with Crippen LogP contribution < -0.4 is 10.4 Å². The lowest BCUT2D eigenvalue weighted by molar-refractivity contribution is 0.296. The first-order valence-corrected chi connectivity index (χ1v) is 8.65. The molecule has 0 spiro atoms. The minimum absolute atomic E-state index is 0.119. The summed E-state index contributed by atoms with van der Waals surface area (Å²) in [6, 6.07) is 13.1. The summed E-state index contributed by atoms with van der Waals surface area (Å²) in [6.07, 6.45) is 0.499. The molecule has 0 unspecified atom stereocenters. The van der Waals surface area contributed by atoms with E-state index < -0.39 is 0 Å². The first-order chi connectivity index (χ1) is 13.1. The van der Waals surface area contributed by atoms with Gasteiger partial charge in [0.15, 0.2) is 5.82 Å². The number of rotatable bonds is 5. The van der Waals surface area contributed by atoms with Crippen molar-refractivity contribution in [1.82, 2.24) is 20.6 Å². The van der Waals surface area contributed by atoms with Crippen molar-refractivity contribution in [3.63, 3.8) is 0 Å². The van der Waals surface area contributed by atoms with Gasteiger partial charge in [0.1, 0.15) is 17.9 Å². The molecule has 0 saturated heterocycles. The molecule has 0 bridgehead atoms. The van der Waals surface area contributed by atoms with Crippen LogP contribution in [-0.2, 0) is 13.0 Å². The fourth-order valence-electron chi connectivity index (χ4n) is 2.89. The summed E-state index contributed by atoms with van der Waals surface area (Å²) in [5.74, 6) is 0.848. The third-order valence-corrected chi connectivity index (χ3v) is 4.61. The first-order valence-electron chi connectivity index (χ1n) is 8.27. The van der Waals surface area contributed by atoms with Crippen LogP contribution in [0.15, 0.2) is 51.7 Å². The zero-order chi connectivity index (χ0) is 18.8. The average Bonchev–Trinajstić information content (AvgIpc) is 3.19. The molecule has 2 heterocycles. The highest BCUT2D eigenvalue weighted by Crippen LogP contribution is 2.32. The van der Waals surface area contributed by atoms with E-state index in [0.717, 1.165) is 16.5 Å². The predicted octanol–water partition coefficient (Wildman–Crippen LogP) is 3.44. The van der Waals surface area contributed by atoms with Gasteiger partial charge < -0.3 is 9.15 Å². The highest BCUT2D eigenvalue weighted by Gasteiger charge is 2.15. The maximum atomic E-state index is 12.5. The van der Waals surface area contributed by atoms with Gasteiger partial charge in [-0.3, -0.25) is 0 Å². The van der Waals surface area contributed by atoms with Crippen LogP contribution in [0.2, 0.25) is 5.02 Å². The molecule has 0 atom stereocenters. The third kappa shape index (κ3) is 3.54. The Bertz CT molecular complexity index is 1140. The Balaban J connectivity index is 1.70. The Hall–Kier alpha value is -3.19. The van der Waals surface area contributed by atoms with E-state index in [4.69, 9.17) is 20.8 Å². The fourth-order valence-corrected chi connectivity index (χ4v) is 3.11. The van der Waals surface area contributed by atoms with Crippen LogP contribution in [0.5, 0.6) is 5.75 Å². The van der Waals surface area contributed by atoms with Gasteiger partial charge in [0.25, 0.3) is 0 Å². The molecule has 0 aliphatic rings. The van der Waals surface area contributed by atoms with Crippen LogP contribution in [0.25, 0.3) is 11.0 Å². The topological polar surface area (TPSA) is 93.9 Å². The summed E-state index contributed by atoms with van der Waals surface area (Å²) in [6.45, 7) is 2.02. The van der Waals surface area contributed by atoms with Gasteiger partial charge in [0.05, 0.1) is 5.02 Å². The van der Waals surface area contributed by atoms with Gasteiger partial charge in [-0.2, -0.15) is 0 Å². The molecule has 2 aromatic heterocycles. The van der Waals surface area contributed by atoms with Crippen molar-refractivity contribution >= 4 is 22.6 Å². The molecule has 0 aliphatic carbocycles. The number of nitrogens with one attached hydrogen (secondary N) is 1. The number of benzene rings is 2. The molecule has 136 valence electrons. The SMILES string of the molecule is Cc1c(Cc2ccccc2)c(=O)oc2cc(OCc3nnn[nH]3)c(Cl)cc12. The number of tetrazole rings is 1. The Morgan fingerprint density at radius 1 is 1.22 bits per heavy atom. The maximum absolute atomic E-state index is 12.5. The number of H-pyrrole nitrogens is 1. The Morgan fingerprint density at radius 3 is 2.78 bits per heavy atom. The van der Waals surface area contributed by atoms with Gasteiger partial charge in [0.2, 0.25) is 0 Å². The van der Waals surface area contributed by atoms with Crippen molar-refractivity contribution in [2.45, 2.75) is 20.0 Å². The van der Waals surface area contributed by atoms with Crippen molar-refractivity contribution < 1.29 is 9.15 Å². The molecule has 7 nitrogen and oxygen atoms in total. The highest BCUT2D eigenvalue weighted by molar-refractivity contribution is 6.32. The number of aromatic amines is 1. The molecule has 27 heavy (non-hydrogen) atoms. The second kappa shape index (κ2) is 7.20. The number of ether oxygens (including phenoxy) is 1. The molecule has 4 rings (SSSR count). The van der Waals surface area contributed by atoms with Gasteiger partial charge in [-0.05, 0) is 34.5 Å². The Morgan fingerprint density at radius 2 is 2.04 bits per heavy atom. The number of aryl methyl sites for hydroxylation is 1. The van der Waals surface area contributed by atoms with E-state index in [9.17, 15) is 4.79 Å². The van der Waals surface area contributed by atoms with Crippen LogP contribution in [0, 0.1) is 6.92 Å². The lowest BCUT2D eigenvalue weighted by Gasteiger charge is -2.11. The fraction of sp³-hybridized carbons (Fsp3) is 0.158. The van der Waals surface area contributed by atoms with E-state index >= 15 is 0 Å². The summed E-state index contributed by atoms with van der Waals surface area (Å²) in [5.41, 5.74) is 2.56. The zero-order valence-electron chi connectivity index (χ0n) is 14.4. The normalized spacial score (nSPS) is 11.0. The molecule has 0 radical (unpaired) electrons. The molecule has 0 fully saturated rings. The van der Waals surface area contributed by atoms with E-state index in [0.29, 0.717) is 34.2 Å². The molecular weight excluding hydrogens is 368 g/mol. The third-order valence-electron chi connectivity index (χ3n) is 4.32. The number of nitrogens with zero attached hydrogens (tertiary/aromatic N) is 3. The van der Waals surface area contributed by atoms with Gasteiger partial charge >= 0.3 is 5.63 Å². The maximum Gasteiger partial charge on any atom is 0.340 e.